The molecule has 0 unspecified atom stereocenters. The van der Waals surface area contributed by atoms with E-state index in [0.717, 1.165) is 23.9 Å². The van der Waals surface area contributed by atoms with Crippen molar-refractivity contribution in [2.75, 3.05) is 6.54 Å². The first-order valence-electron chi connectivity index (χ1n) is 9.24. The fourth-order valence-electron chi connectivity index (χ4n) is 4.58. The number of carbonyl (C=O) groups excluding carboxylic acids is 1. The predicted octanol–water partition coefficient (Wildman–Crippen LogP) is 3.40. The summed E-state index contributed by atoms with van der Waals surface area (Å²) in [5, 5.41) is 3.12. The maximum Gasteiger partial charge on any atom is 0.254 e. The highest BCUT2D eigenvalue weighted by Gasteiger charge is 2.38. The Labute approximate surface area is 148 Å². The van der Waals surface area contributed by atoms with Crippen LogP contribution in [0.3, 0.4) is 0 Å². The van der Waals surface area contributed by atoms with Crippen LogP contribution in [0.5, 0.6) is 0 Å². The highest BCUT2D eigenvalue weighted by atomic mass is 16.1. The van der Waals surface area contributed by atoms with E-state index >= 15 is 0 Å². The van der Waals surface area contributed by atoms with Crippen molar-refractivity contribution in [2.45, 2.75) is 39.0 Å². The molecule has 1 amide bonds. The molecule has 2 aliphatic rings. The topological polar surface area (TPSA) is 67.8 Å². The molecule has 5 nitrogen and oxygen atoms in total. The number of nitrogens with zero attached hydrogens (tertiary/aromatic N) is 3. The lowest BCUT2D eigenvalue weighted by atomic mass is 9.92. The van der Waals surface area contributed by atoms with E-state index in [2.05, 4.69) is 20.3 Å². The summed E-state index contributed by atoms with van der Waals surface area (Å²) in [4.78, 5) is 25.5. The van der Waals surface area contributed by atoms with E-state index in [1.54, 1.807) is 18.6 Å². The first-order valence-corrected chi connectivity index (χ1v) is 9.24. The Hall–Kier alpha value is -2.30. The van der Waals surface area contributed by atoms with Crippen molar-refractivity contribution in [1.29, 1.82) is 0 Å². The van der Waals surface area contributed by atoms with Crippen LogP contribution in [-0.2, 0) is 0 Å². The average molecular weight is 336 g/mol. The maximum absolute atomic E-state index is 12.6. The Morgan fingerprint density at radius 2 is 2.16 bits per heavy atom. The standard InChI is InChI=1S/C20H24N4O/c1-13-18(12-22-19(24-13)16-5-3-9-21-10-16)20(25)23-11-15-8-7-14-4-2-6-17(14)15/h3,5,9-10,12,14-15,17H,2,4,6-8,11H2,1H3,(H,23,25)/t14-,15+,17-/m0/s1. The van der Waals surface area contributed by atoms with Gasteiger partial charge in [-0.3, -0.25) is 9.78 Å². The zero-order chi connectivity index (χ0) is 17.2. The molecule has 0 saturated heterocycles. The summed E-state index contributed by atoms with van der Waals surface area (Å²) in [5.41, 5.74) is 2.13. The number of rotatable bonds is 4. The van der Waals surface area contributed by atoms with Crippen molar-refractivity contribution in [3.63, 3.8) is 0 Å². The van der Waals surface area contributed by atoms with Gasteiger partial charge in [-0.05, 0) is 56.1 Å². The number of hydrogen-bond donors (Lipinski definition) is 1. The van der Waals surface area contributed by atoms with Crippen LogP contribution in [0, 0.1) is 24.7 Å². The van der Waals surface area contributed by atoms with E-state index in [1.165, 1.54) is 32.1 Å². The Kier molecular flexibility index (Phi) is 4.47. The predicted molar refractivity (Wildman–Crippen MR) is 95.9 cm³/mol. The molecule has 4 rings (SSSR count). The molecule has 0 spiro atoms. The van der Waals surface area contributed by atoms with Gasteiger partial charge in [-0.15, -0.1) is 0 Å². The van der Waals surface area contributed by atoms with Crippen LogP contribution >= 0.6 is 0 Å². The Balaban J connectivity index is 1.42. The lowest BCUT2D eigenvalue weighted by Gasteiger charge is -2.19. The molecule has 1 N–H and O–H groups in total. The number of fused-ring (bicyclic) bond motifs is 1. The van der Waals surface area contributed by atoms with Crippen molar-refractivity contribution in [3.05, 3.63) is 42.0 Å². The van der Waals surface area contributed by atoms with Crippen LogP contribution in [0.2, 0.25) is 0 Å². The fourth-order valence-corrected chi connectivity index (χ4v) is 4.58. The molecule has 130 valence electrons. The molecule has 3 atom stereocenters. The van der Waals surface area contributed by atoms with Gasteiger partial charge in [0.15, 0.2) is 5.82 Å². The lowest BCUT2D eigenvalue weighted by molar-refractivity contribution is 0.0942. The third-order valence-electron chi connectivity index (χ3n) is 5.90. The van der Waals surface area contributed by atoms with Gasteiger partial charge in [-0.1, -0.05) is 12.8 Å². The summed E-state index contributed by atoms with van der Waals surface area (Å²) >= 11 is 0. The van der Waals surface area contributed by atoms with Gasteiger partial charge < -0.3 is 5.32 Å². The highest BCUT2D eigenvalue weighted by molar-refractivity contribution is 5.95. The zero-order valence-electron chi connectivity index (χ0n) is 14.6. The van der Waals surface area contributed by atoms with E-state index in [4.69, 9.17) is 0 Å². The van der Waals surface area contributed by atoms with Crippen molar-refractivity contribution < 1.29 is 4.79 Å². The summed E-state index contributed by atoms with van der Waals surface area (Å²) in [6.07, 6.45) is 11.8. The van der Waals surface area contributed by atoms with Crippen LogP contribution in [0.15, 0.2) is 30.7 Å². The summed E-state index contributed by atoms with van der Waals surface area (Å²) in [6.45, 7) is 2.64. The number of amides is 1. The zero-order valence-corrected chi connectivity index (χ0v) is 14.6. The molecule has 0 bridgehead atoms. The van der Waals surface area contributed by atoms with Crippen molar-refractivity contribution >= 4 is 5.91 Å². The highest BCUT2D eigenvalue weighted by Crippen LogP contribution is 2.47. The number of carbonyl (C=O) groups is 1. The molecule has 25 heavy (non-hydrogen) atoms. The van der Waals surface area contributed by atoms with Gasteiger partial charge in [0, 0.05) is 30.7 Å². The third kappa shape index (κ3) is 3.28. The van der Waals surface area contributed by atoms with E-state index in [-0.39, 0.29) is 5.91 Å². The molecule has 0 radical (unpaired) electrons. The monoisotopic (exact) mass is 336 g/mol. The molecule has 5 heteroatoms. The van der Waals surface area contributed by atoms with E-state index in [0.29, 0.717) is 23.0 Å². The SMILES string of the molecule is Cc1nc(-c2cccnc2)ncc1C(=O)NC[C@H]1CC[C@@H]2CCC[C@@H]21. The molecule has 2 aromatic heterocycles. The van der Waals surface area contributed by atoms with Crippen molar-refractivity contribution in [3.8, 4) is 11.4 Å². The second kappa shape index (κ2) is 6.90. The minimum absolute atomic E-state index is 0.0586. The number of aryl methyl sites for hydroxylation is 1. The molecule has 2 heterocycles. The van der Waals surface area contributed by atoms with E-state index in [1.807, 2.05) is 19.1 Å². The minimum atomic E-state index is -0.0586. The van der Waals surface area contributed by atoms with Gasteiger partial charge in [0.2, 0.25) is 0 Å². The molecule has 2 aromatic rings. The van der Waals surface area contributed by atoms with E-state index < -0.39 is 0 Å². The van der Waals surface area contributed by atoms with Gasteiger partial charge in [0.1, 0.15) is 0 Å². The molecule has 0 aromatic carbocycles. The van der Waals surface area contributed by atoms with E-state index in [9.17, 15) is 4.79 Å². The Bertz CT molecular complexity index is 762. The van der Waals surface area contributed by atoms with Crippen LogP contribution < -0.4 is 5.32 Å². The number of hydrogen-bond acceptors (Lipinski definition) is 4. The van der Waals surface area contributed by atoms with Crippen molar-refractivity contribution in [1.82, 2.24) is 20.3 Å². The summed E-state index contributed by atoms with van der Waals surface area (Å²) in [5.74, 6) is 2.92. The average Bonchev–Trinajstić information content (AvgIpc) is 3.24. The first kappa shape index (κ1) is 16.2. The molecule has 2 aliphatic carbocycles. The number of aromatic nitrogens is 3. The first-order chi connectivity index (χ1) is 12.2. The fraction of sp³-hybridized carbons (Fsp3) is 0.500. The second-order valence-electron chi connectivity index (χ2n) is 7.34. The molecular formula is C20H24N4O. The van der Waals surface area contributed by atoms with Crippen LogP contribution in [0.1, 0.15) is 48.2 Å². The smallest absolute Gasteiger partial charge is 0.254 e. The normalized spacial score (nSPS) is 24.9. The molecule has 2 saturated carbocycles. The van der Waals surface area contributed by atoms with Crippen LogP contribution in [-0.4, -0.2) is 27.4 Å². The van der Waals surface area contributed by atoms with Crippen molar-refractivity contribution in [2.24, 2.45) is 17.8 Å². The molecule has 0 aliphatic heterocycles. The summed E-state index contributed by atoms with van der Waals surface area (Å²) in [7, 11) is 0. The Morgan fingerprint density at radius 1 is 1.24 bits per heavy atom. The largest absolute Gasteiger partial charge is 0.352 e. The van der Waals surface area contributed by atoms with Crippen LogP contribution in [0.4, 0.5) is 0 Å². The van der Waals surface area contributed by atoms with Crippen LogP contribution in [0.25, 0.3) is 11.4 Å². The maximum atomic E-state index is 12.6. The quantitative estimate of drug-likeness (QED) is 0.929. The minimum Gasteiger partial charge on any atom is -0.352 e. The lowest BCUT2D eigenvalue weighted by Crippen LogP contribution is -2.31. The number of pyridine rings is 1. The molecular weight excluding hydrogens is 312 g/mol. The Morgan fingerprint density at radius 3 is 2.96 bits per heavy atom. The van der Waals surface area contributed by atoms with Gasteiger partial charge in [-0.25, -0.2) is 9.97 Å². The molecule has 2 fully saturated rings. The number of nitrogens with one attached hydrogen (secondary N) is 1. The third-order valence-corrected chi connectivity index (χ3v) is 5.90. The summed E-state index contributed by atoms with van der Waals surface area (Å²) in [6, 6.07) is 3.77. The van der Waals surface area contributed by atoms with Gasteiger partial charge in [0.05, 0.1) is 11.3 Å². The van der Waals surface area contributed by atoms with Gasteiger partial charge >= 0.3 is 0 Å². The van der Waals surface area contributed by atoms with Gasteiger partial charge in [0.25, 0.3) is 5.91 Å². The summed E-state index contributed by atoms with van der Waals surface area (Å²) < 4.78 is 0. The second-order valence-corrected chi connectivity index (χ2v) is 7.34. The van der Waals surface area contributed by atoms with Gasteiger partial charge in [-0.2, -0.15) is 0 Å².